The molecule has 0 heterocycles. The number of carbonyl (C=O) groups excluding carboxylic acids is 2. The van der Waals surface area contributed by atoms with Gasteiger partial charge in [0.25, 0.3) is 0 Å². The number of esters is 1. The SMILES string of the molecule is CCC/C=C\CCCCCC(CC(=O)NC(CO)C(O)CCCCCCCCCCCCCCCC)OC(=O)CCCCCCCCCCCCCCCCCC. The summed E-state index contributed by atoms with van der Waals surface area (Å²) >= 11 is 0. The van der Waals surface area contributed by atoms with Gasteiger partial charge in [0.1, 0.15) is 6.10 Å². The van der Waals surface area contributed by atoms with Crippen LogP contribution in [0.4, 0.5) is 0 Å². The van der Waals surface area contributed by atoms with Crippen molar-refractivity contribution in [3.63, 3.8) is 0 Å². The zero-order valence-corrected chi connectivity index (χ0v) is 38.5. The summed E-state index contributed by atoms with van der Waals surface area (Å²) < 4.78 is 5.90. The maximum absolute atomic E-state index is 13.1. The van der Waals surface area contributed by atoms with Crippen molar-refractivity contribution in [1.82, 2.24) is 5.32 Å². The van der Waals surface area contributed by atoms with Crippen molar-refractivity contribution in [3.8, 4) is 0 Å². The molecule has 0 aromatic carbocycles. The topological polar surface area (TPSA) is 95.9 Å². The van der Waals surface area contributed by atoms with Gasteiger partial charge in [-0.1, -0.05) is 232 Å². The van der Waals surface area contributed by atoms with Gasteiger partial charge in [-0.2, -0.15) is 0 Å². The smallest absolute Gasteiger partial charge is 0.306 e. The lowest BCUT2D eigenvalue weighted by molar-refractivity contribution is -0.151. The van der Waals surface area contributed by atoms with Crippen molar-refractivity contribution in [2.75, 3.05) is 6.61 Å². The van der Waals surface area contributed by atoms with E-state index in [0.717, 1.165) is 64.2 Å². The maximum Gasteiger partial charge on any atom is 0.306 e. The third-order valence-electron chi connectivity index (χ3n) is 11.8. The van der Waals surface area contributed by atoms with Gasteiger partial charge in [0.15, 0.2) is 0 Å². The Balaban J connectivity index is 4.38. The first-order valence-electron chi connectivity index (χ1n) is 25.4. The summed E-state index contributed by atoms with van der Waals surface area (Å²) in [7, 11) is 0. The highest BCUT2D eigenvalue weighted by Crippen LogP contribution is 2.18. The fourth-order valence-electron chi connectivity index (χ4n) is 7.96. The lowest BCUT2D eigenvalue weighted by atomic mass is 10.0. The largest absolute Gasteiger partial charge is 0.462 e. The second-order valence-electron chi connectivity index (χ2n) is 17.6. The lowest BCUT2D eigenvalue weighted by Gasteiger charge is -2.24. The first-order chi connectivity index (χ1) is 28.0. The van der Waals surface area contributed by atoms with E-state index < -0.39 is 18.2 Å². The molecule has 0 rings (SSSR count). The standard InChI is InChI=1S/C51H99NO5/c1-4-7-10-13-16-19-21-23-25-26-28-30-32-35-38-41-44-51(56)57-47(42-39-36-33-18-15-12-9-6-3)45-50(55)52-48(46-53)49(54)43-40-37-34-31-29-27-24-22-20-17-14-11-8-5-2/h12,15,47-49,53-54H,4-11,13-14,16-46H2,1-3H3,(H,52,55)/b15-12-. The Kier molecular flexibility index (Phi) is 44.6. The summed E-state index contributed by atoms with van der Waals surface area (Å²) in [5.74, 6) is -0.478. The molecule has 0 aliphatic heterocycles. The van der Waals surface area contributed by atoms with Crippen LogP contribution >= 0.6 is 0 Å². The predicted molar refractivity (Wildman–Crippen MR) is 246 cm³/mol. The van der Waals surface area contributed by atoms with Crippen molar-refractivity contribution in [2.45, 2.75) is 296 Å². The number of hydrogen-bond donors (Lipinski definition) is 3. The van der Waals surface area contributed by atoms with Crippen molar-refractivity contribution >= 4 is 11.9 Å². The van der Waals surface area contributed by atoms with Gasteiger partial charge in [-0.05, 0) is 44.9 Å². The summed E-state index contributed by atoms with van der Waals surface area (Å²) in [4.78, 5) is 26.0. The molecule has 0 spiro atoms. The highest BCUT2D eigenvalue weighted by atomic mass is 16.5. The highest BCUT2D eigenvalue weighted by molar-refractivity contribution is 5.77. The van der Waals surface area contributed by atoms with Gasteiger partial charge in [-0.25, -0.2) is 0 Å². The van der Waals surface area contributed by atoms with Crippen molar-refractivity contribution < 1.29 is 24.5 Å². The summed E-state index contributed by atoms with van der Waals surface area (Å²) in [6.45, 7) is 6.43. The fourth-order valence-corrected chi connectivity index (χ4v) is 7.96. The first kappa shape index (κ1) is 55.6. The van der Waals surface area contributed by atoms with E-state index in [1.54, 1.807) is 0 Å². The number of rotatable bonds is 46. The van der Waals surface area contributed by atoms with Gasteiger partial charge in [-0.15, -0.1) is 0 Å². The maximum atomic E-state index is 13.1. The number of nitrogens with one attached hydrogen (secondary N) is 1. The first-order valence-corrected chi connectivity index (χ1v) is 25.4. The Morgan fingerprint density at radius 1 is 0.491 bits per heavy atom. The summed E-state index contributed by atoms with van der Waals surface area (Å²) in [6, 6.07) is -0.698. The van der Waals surface area contributed by atoms with Crippen LogP contribution in [0.1, 0.15) is 278 Å². The highest BCUT2D eigenvalue weighted by Gasteiger charge is 2.24. The third kappa shape index (κ3) is 41.1. The summed E-state index contributed by atoms with van der Waals surface area (Å²) in [6.07, 6.45) is 50.0. The molecular formula is C51H99NO5. The number of hydrogen-bond acceptors (Lipinski definition) is 5. The molecule has 0 fully saturated rings. The molecule has 0 aliphatic carbocycles. The van der Waals surface area contributed by atoms with E-state index in [4.69, 9.17) is 4.74 Å². The predicted octanol–water partition coefficient (Wildman–Crippen LogP) is 15.0. The van der Waals surface area contributed by atoms with E-state index >= 15 is 0 Å². The van der Waals surface area contributed by atoms with Crippen molar-refractivity contribution in [3.05, 3.63) is 12.2 Å². The molecule has 3 unspecified atom stereocenters. The average molecular weight is 806 g/mol. The lowest BCUT2D eigenvalue weighted by Crippen LogP contribution is -2.46. The molecule has 6 nitrogen and oxygen atoms in total. The van der Waals surface area contributed by atoms with Crippen LogP contribution in [0.5, 0.6) is 0 Å². The average Bonchev–Trinajstić information content (AvgIpc) is 3.20. The van der Waals surface area contributed by atoms with E-state index in [-0.39, 0.29) is 24.9 Å². The van der Waals surface area contributed by atoms with Crippen LogP contribution in [0.2, 0.25) is 0 Å². The van der Waals surface area contributed by atoms with E-state index in [1.807, 2.05) is 0 Å². The summed E-state index contributed by atoms with van der Waals surface area (Å²) in [5, 5.41) is 23.7. The zero-order valence-electron chi connectivity index (χ0n) is 38.5. The number of ether oxygens (including phenoxy) is 1. The van der Waals surface area contributed by atoms with Crippen LogP contribution in [-0.4, -0.2) is 46.9 Å². The molecule has 3 N–H and O–H groups in total. The monoisotopic (exact) mass is 806 g/mol. The van der Waals surface area contributed by atoms with Crippen LogP contribution in [0.3, 0.4) is 0 Å². The molecule has 0 saturated carbocycles. The minimum atomic E-state index is -0.784. The molecule has 0 saturated heterocycles. The molecule has 57 heavy (non-hydrogen) atoms. The molecule has 1 amide bonds. The van der Waals surface area contributed by atoms with Gasteiger partial charge >= 0.3 is 5.97 Å². The van der Waals surface area contributed by atoms with Crippen LogP contribution in [-0.2, 0) is 14.3 Å². The zero-order chi connectivity index (χ0) is 41.7. The second-order valence-corrected chi connectivity index (χ2v) is 17.6. The molecule has 6 heteroatoms. The van der Waals surface area contributed by atoms with E-state index in [0.29, 0.717) is 19.3 Å². The number of unbranched alkanes of at least 4 members (excludes halogenated alkanes) is 32. The number of amides is 1. The second kappa shape index (κ2) is 45.7. The van der Waals surface area contributed by atoms with Gasteiger partial charge in [0.2, 0.25) is 5.91 Å². The van der Waals surface area contributed by atoms with Crippen LogP contribution < -0.4 is 5.32 Å². The van der Waals surface area contributed by atoms with Crippen LogP contribution in [0, 0.1) is 0 Å². The number of carbonyl (C=O) groups is 2. The van der Waals surface area contributed by atoms with Gasteiger partial charge in [0.05, 0.1) is 25.2 Å². The Morgan fingerprint density at radius 3 is 1.32 bits per heavy atom. The minimum absolute atomic E-state index is 0.0726. The van der Waals surface area contributed by atoms with Gasteiger partial charge in [0, 0.05) is 6.42 Å². The number of aliphatic hydroxyl groups excluding tert-OH is 2. The van der Waals surface area contributed by atoms with Gasteiger partial charge < -0.3 is 20.3 Å². The van der Waals surface area contributed by atoms with Crippen LogP contribution in [0.15, 0.2) is 12.2 Å². The van der Waals surface area contributed by atoms with Gasteiger partial charge in [-0.3, -0.25) is 9.59 Å². The van der Waals surface area contributed by atoms with Crippen molar-refractivity contribution in [1.29, 1.82) is 0 Å². The molecule has 338 valence electrons. The van der Waals surface area contributed by atoms with E-state index in [1.165, 1.54) is 167 Å². The molecule has 0 aromatic heterocycles. The normalized spacial score (nSPS) is 13.3. The fraction of sp³-hybridized carbons (Fsp3) is 0.922. The Labute approximate surface area is 355 Å². The molecular weight excluding hydrogens is 707 g/mol. The summed E-state index contributed by atoms with van der Waals surface area (Å²) in [5.41, 5.74) is 0. The number of allylic oxidation sites excluding steroid dienone is 2. The molecule has 0 radical (unpaired) electrons. The van der Waals surface area contributed by atoms with E-state index in [9.17, 15) is 19.8 Å². The molecule has 3 atom stereocenters. The molecule has 0 bridgehead atoms. The Bertz CT molecular complexity index is 863. The van der Waals surface area contributed by atoms with Crippen LogP contribution in [0.25, 0.3) is 0 Å². The van der Waals surface area contributed by atoms with Crippen molar-refractivity contribution in [2.24, 2.45) is 0 Å². The van der Waals surface area contributed by atoms with E-state index in [2.05, 4.69) is 38.2 Å². The number of aliphatic hydroxyl groups is 2. The Morgan fingerprint density at radius 2 is 0.877 bits per heavy atom. The quantitative estimate of drug-likeness (QED) is 0.0323. The molecule has 0 aliphatic rings. The third-order valence-corrected chi connectivity index (χ3v) is 11.8. The Hall–Kier alpha value is -1.40. The molecule has 0 aromatic rings. The minimum Gasteiger partial charge on any atom is -0.462 e.